The van der Waals surface area contributed by atoms with E-state index in [2.05, 4.69) is 41.2 Å². The van der Waals surface area contributed by atoms with Crippen LogP contribution in [0.2, 0.25) is 0 Å². The molecule has 2 nitrogen and oxygen atoms in total. The van der Waals surface area contributed by atoms with Gasteiger partial charge < -0.3 is 10.5 Å². The fourth-order valence-corrected chi connectivity index (χ4v) is 3.30. The summed E-state index contributed by atoms with van der Waals surface area (Å²) in [5.41, 5.74) is 8.66. The molecule has 0 saturated carbocycles. The number of benzene rings is 2. The lowest BCUT2D eigenvalue weighted by atomic mass is 9.99. The molecule has 0 fully saturated rings. The van der Waals surface area contributed by atoms with Gasteiger partial charge in [0.05, 0.1) is 17.1 Å². The number of hydrogen-bond acceptors (Lipinski definition) is 3. The van der Waals surface area contributed by atoms with Crippen molar-refractivity contribution in [1.82, 2.24) is 0 Å². The first-order chi connectivity index (χ1) is 10.2. The second-order valence-corrected chi connectivity index (χ2v) is 6.46. The zero-order valence-electron chi connectivity index (χ0n) is 12.3. The molecule has 0 radical (unpaired) electrons. The van der Waals surface area contributed by atoms with Crippen LogP contribution in [0, 0.1) is 0 Å². The van der Waals surface area contributed by atoms with Crippen molar-refractivity contribution in [3.05, 3.63) is 58.1 Å². The molecule has 0 spiro atoms. The number of hydrogen-bond donors (Lipinski definition) is 1. The third kappa shape index (κ3) is 4.02. The number of nitrogens with two attached hydrogens (primary N) is 1. The van der Waals surface area contributed by atoms with Crippen molar-refractivity contribution >= 4 is 27.7 Å². The molecule has 2 rings (SSSR count). The van der Waals surface area contributed by atoms with Crippen molar-refractivity contribution in [2.45, 2.75) is 24.3 Å². The quantitative estimate of drug-likeness (QED) is 0.730. The first-order valence-corrected chi connectivity index (χ1v) is 9.00. The zero-order chi connectivity index (χ0) is 15.2. The van der Waals surface area contributed by atoms with Gasteiger partial charge in [-0.3, -0.25) is 0 Å². The molecule has 2 aromatic carbocycles. The van der Waals surface area contributed by atoms with Crippen molar-refractivity contribution < 1.29 is 4.74 Å². The minimum Gasteiger partial charge on any atom is -0.492 e. The van der Waals surface area contributed by atoms with Crippen LogP contribution in [-0.2, 0) is 0 Å². The van der Waals surface area contributed by atoms with Gasteiger partial charge in [0.15, 0.2) is 0 Å². The molecule has 0 heterocycles. The van der Waals surface area contributed by atoms with E-state index in [9.17, 15) is 0 Å². The molecule has 0 aliphatic heterocycles. The van der Waals surface area contributed by atoms with Gasteiger partial charge in [0.25, 0.3) is 0 Å². The van der Waals surface area contributed by atoms with E-state index in [1.54, 1.807) is 11.8 Å². The smallest absolute Gasteiger partial charge is 0.133 e. The van der Waals surface area contributed by atoms with Crippen LogP contribution >= 0.6 is 27.7 Å². The first kappa shape index (κ1) is 16.4. The lowest BCUT2D eigenvalue weighted by Gasteiger charge is -2.17. The predicted molar refractivity (Wildman–Crippen MR) is 94.2 cm³/mol. The molecule has 1 atom stereocenters. The lowest BCUT2D eigenvalue weighted by molar-refractivity contribution is 0.315. The van der Waals surface area contributed by atoms with E-state index < -0.39 is 0 Å². The van der Waals surface area contributed by atoms with Crippen molar-refractivity contribution in [3.63, 3.8) is 0 Å². The Hall–Kier alpha value is -0.970. The summed E-state index contributed by atoms with van der Waals surface area (Å²) in [4.78, 5) is 1.22. The van der Waals surface area contributed by atoms with Crippen molar-refractivity contribution in [2.24, 2.45) is 5.73 Å². The van der Waals surface area contributed by atoms with Crippen LogP contribution in [0.3, 0.4) is 0 Å². The maximum absolute atomic E-state index is 6.44. The second kappa shape index (κ2) is 7.87. The van der Waals surface area contributed by atoms with Crippen LogP contribution in [0.1, 0.15) is 30.5 Å². The Morgan fingerprint density at radius 2 is 2.00 bits per heavy atom. The Kier molecular flexibility index (Phi) is 6.15. The third-order valence-corrected chi connectivity index (χ3v) is 4.68. The molecule has 0 bridgehead atoms. The normalized spacial score (nSPS) is 12.2. The van der Waals surface area contributed by atoms with Gasteiger partial charge >= 0.3 is 0 Å². The highest BCUT2D eigenvalue weighted by Gasteiger charge is 2.14. The summed E-state index contributed by atoms with van der Waals surface area (Å²) in [6, 6.07) is 14.2. The summed E-state index contributed by atoms with van der Waals surface area (Å²) >= 11 is 5.29. The topological polar surface area (TPSA) is 35.2 Å². The Labute approximate surface area is 139 Å². The molecule has 0 aliphatic rings. The molecule has 0 aliphatic carbocycles. The van der Waals surface area contributed by atoms with Gasteiger partial charge in [-0.2, -0.15) is 0 Å². The van der Waals surface area contributed by atoms with Crippen molar-refractivity contribution in [2.75, 3.05) is 12.9 Å². The van der Waals surface area contributed by atoms with E-state index in [0.29, 0.717) is 0 Å². The van der Waals surface area contributed by atoms with Gasteiger partial charge in [-0.15, -0.1) is 11.8 Å². The Morgan fingerprint density at radius 3 is 2.67 bits per heavy atom. The fourth-order valence-electron chi connectivity index (χ4n) is 2.14. The molecule has 1 unspecified atom stereocenters. The van der Waals surface area contributed by atoms with Crippen LogP contribution in [0.5, 0.6) is 5.75 Å². The minimum atomic E-state index is -0.134. The summed E-state index contributed by atoms with van der Waals surface area (Å²) in [6.45, 7) is 2.82. The first-order valence-electron chi connectivity index (χ1n) is 6.98. The Bertz CT molecular complexity index is 603. The minimum absolute atomic E-state index is 0.134. The standard InChI is InChI=1S/C17H20BrNOS/c1-3-10-20-15-9-8-12(11-14(15)18)17(19)13-6-4-5-7-16(13)21-2/h4-9,11,17H,3,10,19H2,1-2H3. The van der Waals surface area contributed by atoms with Gasteiger partial charge in [0, 0.05) is 4.90 Å². The summed E-state index contributed by atoms with van der Waals surface area (Å²) in [5.74, 6) is 0.867. The maximum Gasteiger partial charge on any atom is 0.133 e. The largest absolute Gasteiger partial charge is 0.492 e. The maximum atomic E-state index is 6.44. The summed E-state index contributed by atoms with van der Waals surface area (Å²) in [7, 11) is 0. The van der Waals surface area contributed by atoms with Crippen LogP contribution < -0.4 is 10.5 Å². The molecule has 112 valence electrons. The highest BCUT2D eigenvalue weighted by molar-refractivity contribution is 9.10. The van der Waals surface area contributed by atoms with Crippen molar-refractivity contribution in [3.8, 4) is 5.75 Å². The number of thioether (sulfide) groups is 1. The number of ether oxygens (including phenoxy) is 1. The molecule has 21 heavy (non-hydrogen) atoms. The van der Waals surface area contributed by atoms with Crippen LogP contribution in [0.25, 0.3) is 0 Å². The Balaban J connectivity index is 2.27. The monoisotopic (exact) mass is 365 g/mol. The SMILES string of the molecule is CCCOc1ccc(C(N)c2ccccc2SC)cc1Br. The van der Waals surface area contributed by atoms with E-state index in [4.69, 9.17) is 10.5 Å². The summed E-state index contributed by atoms with van der Waals surface area (Å²) < 4.78 is 6.63. The number of rotatable bonds is 6. The lowest BCUT2D eigenvalue weighted by Crippen LogP contribution is -2.13. The molecule has 2 aromatic rings. The zero-order valence-corrected chi connectivity index (χ0v) is 14.7. The van der Waals surface area contributed by atoms with E-state index in [1.165, 1.54) is 4.90 Å². The molecule has 0 amide bonds. The molecule has 0 aromatic heterocycles. The van der Waals surface area contributed by atoms with Gasteiger partial charge in [-0.25, -0.2) is 0 Å². The molecule has 4 heteroatoms. The Morgan fingerprint density at radius 1 is 1.24 bits per heavy atom. The number of halogens is 1. The summed E-state index contributed by atoms with van der Waals surface area (Å²) in [5, 5.41) is 0. The van der Waals surface area contributed by atoms with Crippen LogP contribution in [0.4, 0.5) is 0 Å². The average Bonchev–Trinajstić information content (AvgIpc) is 2.53. The van der Waals surface area contributed by atoms with E-state index >= 15 is 0 Å². The van der Waals surface area contributed by atoms with E-state index in [1.807, 2.05) is 30.3 Å². The molecular formula is C17H20BrNOS. The highest BCUT2D eigenvalue weighted by atomic mass is 79.9. The predicted octanol–water partition coefficient (Wildman–Crippen LogP) is 5.01. The highest BCUT2D eigenvalue weighted by Crippen LogP contribution is 2.33. The van der Waals surface area contributed by atoms with E-state index in [0.717, 1.165) is 34.4 Å². The molecule has 0 saturated heterocycles. The second-order valence-electron chi connectivity index (χ2n) is 4.76. The molecule has 2 N–H and O–H groups in total. The van der Waals surface area contributed by atoms with Crippen LogP contribution in [0.15, 0.2) is 51.8 Å². The van der Waals surface area contributed by atoms with Gasteiger partial charge in [0.2, 0.25) is 0 Å². The van der Waals surface area contributed by atoms with Crippen molar-refractivity contribution in [1.29, 1.82) is 0 Å². The third-order valence-electron chi connectivity index (χ3n) is 3.25. The fraction of sp³-hybridized carbons (Fsp3) is 0.294. The molecular weight excluding hydrogens is 346 g/mol. The van der Waals surface area contributed by atoms with Gasteiger partial charge in [-0.1, -0.05) is 31.2 Å². The van der Waals surface area contributed by atoms with Crippen LogP contribution in [-0.4, -0.2) is 12.9 Å². The van der Waals surface area contributed by atoms with E-state index in [-0.39, 0.29) is 6.04 Å². The average molecular weight is 366 g/mol. The van der Waals surface area contributed by atoms with Gasteiger partial charge in [0.1, 0.15) is 5.75 Å². The van der Waals surface area contributed by atoms with Gasteiger partial charge in [-0.05, 0) is 57.9 Å². The summed E-state index contributed by atoms with van der Waals surface area (Å²) in [6.07, 6.45) is 3.07.